The molecule has 2 N–H and O–H groups in total. The van der Waals surface area contributed by atoms with Gasteiger partial charge >= 0.3 is 5.97 Å². The lowest BCUT2D eigenvalue weighted by atomic mass is 10.3. The fraction of sp³-hybridized carbons (Fsp3) is 0.0909. The molecule has 0 aromatic carbocycles. The summed E-state index contributed by atoms with van der Waals surface area (Å²) in [4.78, 5) is 26.1. The summed E-state index contributed by atoms with van der Waals surface area (Å²) >= 11 is 0. The van der Waals surface area contributed by atoms with Gasteiger partial charge in [0, 0.05) is 12.3 Å². The van der Waals surface area contributed by atoms with Crippen LogP contribution in [0.4, 0.5) is 5.82 Å². The molecule has 0 unspecified atom stereocenters. The molecule has 0 saturated carbocycles. The first kappa shape index (κ1) is 11.8. The van der Waals surface area contributed by atoms with Gasteiger partial charge in [0.2, 0.25) is 5.76 Å². The van der Waals surface area contributed by atoms with Gasteiger partial charge in [-0.15, -0.1) is 0 Å². The lowest BCUT2D eigenvalue weighted by Gasteiger charge is -2.01. The molecule has 0 fully saturated rings. The van der Waals surface area contributed by atoms with Crippen LogP contribution in [0.25, 0.3) is 0 Å². The molecule has 2 rings (SSSR count). The first-order valence-corrected chi connectivity index (χ1v) is 5.00. The molecule has 0 aliphatic heterocycles. The third-order valence-corrected chi connectivity index (χ3v) is 2.10. The number of anilines is 1. The molecule has 7 nitrogen and oxygen atoms in total. The Kier molecular flexibility index (Phi) is 3.05. The molecule has 2 heterocycles. The Morgan fingerprint density at radius 2 is 2.17 bits per heavy atom. The van der Waals surface area contributed by atoms with Crippen LogP contribution in [0, 0.1) is 6.92 Å². The van der Waals surface area contributed by atoms with E-state index in [1.807, 2.05) is 0 Å². The number of hydrogen-bond donors (Lipinski definition) is 2. The van der Waals surface area contributed by atoms with Crippen LogP contribution in [0.3, 0.4) is 0 Å². The topological polar surface area (TPSA) is 105 Å². The minimum absolute atomic E-state index is 0.0449. The van der Waals surface area contributed by atoms with E-state index in [2.05, 4.69) is 15.5 Å². The van der Waals surface area contributed by atoms with Crippen molar-refractivity contribution in [2.45, 2.75) is 6.92 Å². The van der Waals surface area contributed by atoms with Gasteiger partial charge < -0.3 is 14.9 Å². The van der Waals surface area contributed by atoms with Crippen molar-refractivity contribution < 1.29 is 19.2 Å². The zero-order valence-corrected chi connectivity index (χ0v) is 9.38. The molecule has 2 aromatic heterocycles. The van der Waals surface area contributed by atoms with Gasteiger partial charge in [-0.05, 0) is 19.1 Å². The largest absolute Gasteiger partial charge is 0.478 e. The maximum absolute atomic E-state index is 11.6. The molecular weight excluding hydrogens is 238 g/mol. The van der Waals surface area contributed by atoms with Crippen LogP contribution < -0.4 is 5.32 Å². The van der Waals surface area contributed by atoms with Crippen molar-refractivity contribution in [2.24, 2.45) is 0 Å². The number of hydrogen-bond acceptors (Lipinski definition) is 5. The molecule has 0 bridgehead atoms. The molecule has 0 atom stereocenters. The molecule has 0 aliphatic rings. The van der Waals surface area contributed by atoms with Crippen molar-refractivity contribution in [3.63, 3.8) is 0 Å². The fourth-order valence-corrected chi connectivity index (χ4v) is 1.24. The number of aromatic nitrogens is 2. The van der Waals surface area contributed by atoms with Crippen molar-refractivity contribution in [3.05, 3.63) is 41.4 Å². The minimum atomic E-state index is -1.08. The average Bonchev–Trinajstić information content (AvgIpc) is 2.76. The predicted molar refractivity (Wildman–Crippen MR) is 60.4 cm³/mol. The molecule has 1 amide bonds. The number of aryl methyl sites for hydroxylation is 1. The van der Waals surface area contributed by atoms with E-state index in [0.717, 1.165) is 6.20 Å². The van der Waals surface area contributed by atoms with E-state index in [9.17, 15) is 9.59 Å². The first-order valence-electron chi connectivity index (χ1n) is 5.00. The zero-order chi connectivity index (χ0) is 13.1. The molecule has 7 heteroatoms. The summed E-state index contributed by atoms with van der Waals surface area (Å²) in [6.45, 7) is 1.69. The average molecular weight is 247 g/mol. The first-order chi connectivity index (χ1) is 8.56. The summed E-state index contributed by atoms with van der Waals surface area (Å²) in [5, 5.41) is 14.7. The highest BCUT2D eigenvalue weighted by Gasteiger charge is 2.12. The van der Waals surface area contributed by atoms with Crippen molar-refractivity contribution in [2.75, 3.05) is 5.32 Å². The SMILES string of the molecule is Cc1cc(C(=O)Nc2ccc(C(=O)O)cn2)on1. The highest BCUT2D eigenvalue weighted by atomic mass is 16.5. The van der Waals surface area contributed by atoms with Crippen LogP contribution in [0.1, 0.15) is 26.6 Å². The molecular formula is C11H9N3O4. The van der Waals surface area contributed by atoms with E-state index in [4.69, 9.17) is 9.63 Å². The second kappa shape index (κ2) is 4.66. The second-order valence-electron chi connectivity index (χ2n) is 3.52. The van der Waals surface area contributed by atoms with Crippen LogP contribution in [0.2, 0.25) is 0 Å². The minimum Gasteiger partial charge on any atom is -0.478 e. The van der Waals surface area contributed by atoms with E-state index in [1.54, 1.807) is 6.92 Å². The molecule has 2 aromatic rings. The maximum atomic E-state index is 11.6. The van der Waals surface area contributed by atoms with Gasteiger partial charge in [-0.25, -0.2) is 9.78 Å². The van der Waals surface area contributed by atoms with Crippen LogP contribution >= 0.6 is 0 Å². The number of carboxylic acids is 1. The van der Waals surface area contributed by atoms with Crippen molar-refractivity contribution >= 4 is 17.7 Å². The predicted octanol–water partition coefficient (Wildman–Crippen LogP) is 1.33. The maximum Gasteiger partial charge on any atom is 0.337 e. The fourth-order valence-electron chi connectivity index (χ4n) is 1.24. The number of aromatic carboxylic acids is 1. The normalized spacial score (nSPS) is 10.1. The summed E-state index contributed by atoms with van der Waals surface area (Å²) in [7, 11) is 0. The molecule has 0 spiro atoms. The summed E-state index contributed by atoms with van der Waals surface area (Å²) in [5.41, 5.74) is 0.637. The third-order valence-electron chi connectivity index (χ3n) is 2.10. The number of nitrogens with one attached hydrogen (secondary N) is 1. The Morgan fingerprint density at radius 3 is 2.67 bits per heavy atom. The van der Waals surface area contributed by atoms with Crippen LogP contribution in [0.5, 0.6) is 0 Å². The van der Waals surface area contributed by atoms with Crippen LogP contribution in [0.15, 0.2) is 28.9 Å². The summed E-state index contributed by atoms with van der Waals surface area (Å²) in [6, 6.07) is 4.22. The Labute approximate surface area is 101 Å². The molecule has 0 saturated heterocycles. The van der Waals surface area contributed by atoms with E-state index in [0.29, 0.717) is 5.69 Å². The van der Waals surface area contributed by atoms with Crippen molar-refractivity contribution in [3.8, 4) is 0 Å². The lowest BCUT2D eigenvalue weighted by molar-refractivity contribution is 0.0696. The second-order valence-corrected chi connectivity index (χ2v) is 3.52. The van der Waals surface area contributed by atoms with Crippen LogP contribution in [-0.2, 0) is 0 Å². The van der Waals surface area contributed by atoms with E-state index in [-0.39, 0.29) is 17.1 Å². The molecule has 18 heavy (non-hydrogen) atoms. The molecule has 92 valence electrons. The van der Waals surface area contributed by atoms with Gasteiger partial charge in [-0.3, -0.25) is 4.79 Å². The highest BCUT2D eigenvalue weighted by Crippen LogP contribution is 2.08. The monoisotopic (exact) mass is 247 g/mol. The number of pyridine rings is 1. The Hall–Kier alpha value is -2.70. The quantitative estimate of drug-likeness (QED) is 0.847. The van der Waals surface area contributed by atoms with Gasteiger partial charge in [0.05, 0.1) is 11.3 Å². The lowest BCUT2D eigenvalue weighted by Crippen LogP contribution is -2.12. The smallest absolute Gasteiger partial charge is 0.337 e. The number of amides is 1. The van der Waals surface area contributed by atoms with E-state index in [1.165, 1.54) is 18.2 Å². The molecule has 0 radical (unpaired) electrons. The standard InChI is InChI=1S/C11H9N3O4/c1-6-4-8(18-14-6)10(15)13-9-3-2-7(5-12-9)11(16)17/h2-5H,1H3,(H,16,17)(H,12,13,15). The summed E-state index contributed by atoms with van der Waals surface area (Å²) < 4.78 is 4.78. The van der Waals surface area contributed by atoms with Crippen molar-refractivity contribution in [1.82, 2.24) is 10.1 Å². The van der Waals surface area contributed by atoms with Gasteiger partial charge in [0.25, 0.3) is 5.91 Å². The van der Waals surface area contributed by atoms with Gasteiger partial charge in [-0.2, -0.15) is 0 Å². The van der Waals surface area contributed by atoms with Crippen molar-refractivity contribution in [1.29, 1.82) is 0 Å². The highest BCUT2D eigenvalue weighted by molar-refractivity contribution is 6.01. The summed E-state index contributed by atoms with van der Waals surface area (Å²) in [6.07, 6.45) is 1.16. The van der Waals surface area contributed by atoms with Crippen LogP contribution in [-0.4, -0.2) is 27.1 Å². The Balaban J connectivity index is 2.10. The van der Waals surface area contributed by atoms with Gasteiger partial charge in [-0.1, -0.05) is 5.16 Å². The number of carbonyl (C=O) groups excluding carboxylic acids is 1. The number of nitrogens with zero attached hydrogens (tertiary/aromatic N) is 2. The number of rotatable bonds is 3. The zero-order valence-electron chi connectivity index (χ0n) is 9.38. The Morgan fingerprint density at radius 1 is 1.39 bits per heavy atom. The number of carbonyl (C=O) groups is 2. The third kappa shape index (κ3) is 2.51. The Bertz CT molecular complexity index is 589. The molecule has 0 aliphatic carbocycles. The van der Waals surface area contributed by atoms with E-state index < -0.39 is 11.9 Å². The van der Waals surface area contributed by atoms with Gasteiger partial charge in [0.1, 0.15) is 5.82 Å². The summed E-state index contributed by atoms with van der Waals surface area (Å²) in [5.74, 6) is -1.27. The van der Waals surface area contributed by atoms with E-state index >= 15 is 0 Å². The van der Waals surface area contributed by atoms with Gasteiger partial charge in [0.15, 0.2) is 0 Å². The number of carboxylic acid groups (broad SMARTS) is 1.